The van der Waals surface area contributed by atoms with E-state index in [9.17, 15) is 13.2 Å². The molecule has 0 aromatic carbocycles. The van der Waals surface area contributed by atoms with E-state index in [1.165, 1.54) is 10.4 Å². The fourth-order valence-electron chi connectivity index (χ4n) is 3.53. The molecule has 0 aliphatic carbocycles. The van der Waals surface area contributed by atoms with E-state index in [0.29, 0.717) is 13.0 Å². The Morgan fingerprint density at radius 3 is 2.78 bits per heavy atom. The van der Waals surface area contributed by atoms with Crippen molar-refractivity contribution < 1.29 is 13.2 Å². The Bertz CT molecular complexity index is 823. The Hall–Kier alpha value is -1.18. The van der Waals surface area contributed by atoms with Crippen LogP contribution in [-0.4, -0.2) is 37.3 Å². The molecule has 2 aromatic heterocycles. The summed E-state index contributed by atoms with van der Waals surface area (Å²) in [6.07, 6.45) is 1.32. The van der Waals surface area contributed by atoms with Crippen molar-refractivity contribution in [3.63, 3.8) is 0 Å². The maximum Gasteiger partial charge on any atom is 0.227 e. The lowest BCUT2D eigenvalue weighted by Crippen LogP contribution is -2.43. The Balaban J connectivity index is 1.69. The molecule has 0 N–H and O–H groups in total. The monoisotopic (exact) mass is 367 g/mol. The van der Waals surface area contributed by atoms with E-state index >= 15 is 0 Å². The van der Waals surface area contributed by atoms with Gasteiger partial charge in [-0.25, -0.2) is 8.42 Å². The van der Waals surface area contributed by atoms with E-state index in [4.69, 9.17) is 0 Å². The van der Waals surface area contributed by atoms with Crippen molar-refractivity contribution >= 4 is 38.4 Å². The van der Waals surface area contributed by atoms with E-state index < -0.39 is 9.84 Å². The van der Waals surface area contributed by atoms with Crippen LogP contribution in [0.15, 0.2) is 29.0 Å². The predicted octanol–water partition coefficient (Wildman–Crippen LogP) is 2.72. The van der Waals surface area contributed by atoms with Crippen LogP contribution < -0.4 is 0 Å². The largest absolute Gasteiger partial charge is 0.330 e. The highest BCUT2D eigenvalue weighted by molar-refractivity contribution is 7.91. The quantitative estimate of drug-likeness (QED) is 0.820. The molecular weight excluding hydrogens is 350 g/mol. The summed E-state index contributed by atoms with van der Waals surface area (Å²) in [5.41, 5.74) is 1.21. The van der Waals surface area contributed by atoms with Crippen LogP contribution in [0.5, 0.6) is 0 Å². The Morgan fingerprint density at radius 2 is 2.09 bits per heavy atom. The molecule has 0 radical (unpaired) electrons. The zero-order valence-electron chi connectivity index (χ0n) is 12.5. The third-order valence-corrected chi connectivity index (χ3v) is 8.33. The van der Waals surface area contributed by atoms with E-state index in [2.05, 4.69) is 17.5 Å². The van der Waals surface area contributed by atoms with Gasteiger partial charge in [-0.05, 0) is 41.3 Å². The molecule has 1 fully saturated rings. The van der Waals surface area contributed by atoms with Crippen molar-refractivity contribution in [2.24, 2.45) is 5.92 Å². The maximum absolute atomic E-state index is 13.0. The molecule has 4 rings (SSSR count). The van der Waals surface area contributed by atoms with Crippen LogP contribution in [0.1, 0.15) is 27.8 Å². The van der Waals surface area contributed by atoms with Crippen LogP contribution in [0, 0.1) is 5.92 Å². The predicted molar refractivity (Wildman–Crippen MR) is 92.7 cm³/mol. The Morgan fingerprint density at radius 1 is 1.22 bits per heavy atom. The van der Waals surface area contributed by atoms with E-state index in [1.807, 2.05) is 16.3 Å². The first-order valence-corrected chi connectivity index (χ1v) is 11.2. The second-order valence-corrected chi connectivity index (χ2v) is 10.3. The fraction of sp³-hybridized carbons (Fsp3) is 0.438. The molecule has 1 amide bonds. The molecule has 4 heterocycles. The van der Waals surface area contributed by atoms with Gasteiger partial charge in [0.2, 0.25) is 5.91 Å². The van der Waals surface area contributed by atoms with Crippen LogP contribution in [-0.2, 0) is 21.1 Å². The van der Waals surface area contributed by atoms with E-state index in [0.717, 1.165) is 11.3 Å². The van der Waals surface area contributed by atoms with Gasteiger partial charge in [0, 0.05) is 16.3 Å². The number of thiophene rings is 2. The Labute approximate surface area is 143 Å². The second kappa shape index (κ2) is 5.72. The topological polar surface area (TPSA) is 54.5 Å². The van der Waals surface area contributed by atoms with Crippen molar-refractivity contribution in [1.29, 1.82) is 0 Å². The summed E-state index contributed by atoms with van der Waals surface area (Å²) < 4.78 is 23.5. The molecule has 0 saturated carbocycles. The number of nitrogens with zero attached hydrogens (tertiary/aromatic N) is 1. The summed E-state index contributed by atoms with van der Waals surface area (Å²) >= 11 is 3.40. The number of fused-ring (bicyclic) bond motifs is 1. The van der Waals surface area contributed by atoms with Crippen LogP contribution in [0.2, 0.25) is 0 Å². The van der Waals surface area contributed by atoms with Gasteiger partial charge in [0.1, 0.15) is 0 Å². The minimum Gasteiger partial charge on any atom is -0.330 e. The molecule has 2 atom stereocenters. The number of hydrogen-bond donors (Lipinski definition) is 0. The number of hydrogen-bond acceptors (Lipinski definition) is 5. The van der Waals surface area contributed by atoms with Crippen molar-refractivity contribution in [3.05, 3.63) is 44.3 Å². The van der Waals surface area contributed by atoms with E-state index in [-0.39, 0.29) is 29.4 Å². The van der Waals surface area contributed by atoms with Crippen molar-refractivity contribution in [2.75, 3.05) is 18.1 Å². The smallest absolute Gasteiger partial charge is 0.227 e. The first kappa shape index (κ1) is 15.4. The fourth-order valence-corrected chi connectivity index (χ4v) is 7.02. The van der Waals surface area contributed by atoms with Crippen LogP contribution >= 0.6 is 22.7 Å². The molecule has 4 nitrogen and oxygen atoms in total. The molecule has 2 unspecified atom stereocenters. The van der Waals surface area contributed by atoms with Crippen LogP contribution in [0.4, 0.5) is 0 Å². The van der Waals surface area contributed by atoms with Gasteiger partial charge < -0.3 is 4.90 Å². The van der Waals surface area contributed by atoms with Gasteiger partial charge in [-0.1, -0.05) is 6.07 Å². The molecule has 23 heavy (non-hydrogen) atoms. The molecule has 2 aliphatic rings. The molecule has 2 aromatic rings. The molecule has 1 saturated heterocycles. The van der Waals surface area contributed by atoms with Gasteiger partial charge in [0.25, 0.3) is 0 Å². The van der Waals surface area contributed by atoms with Gasteiger partial charge in [0.15, 0.2) is 9.84 Å². The maximum atomic E-state index is 13.0. The number of carbonyl (C=O) groups is 1. The molecule has 122 valence electrons. The van der Waals surface area contributed by atoms with Crippen molar-refractivity contribution in [3.8, 4) is 0 Å². The zero-order chi connectivity index (χ0) is 16.0. The third kappa shape index (κ3) is 2.75. The number of amides is 1. The molecule has 0 bridgehead atoms. The summed E-state index contributed by atoms with van der Waals surface area (Å²) in [6, 6.07) is 6.12. The van der Waals surface area contributed by atoms with Crippen LogP contribution in [0.25, 0.3) is 0 Å². The second-order valence-electron chi connectivity index (χ2n) is 6.10. The first-order valence-electron chi connectivity index (χ1n) is 7.66. The van der Waals surface area contributed by atoms with Gasteiger partial charge in [-0.15, -0.1) is 22.7 Å². The lowest BCUT2D eigenvalue weighted by molar-refractivity contribution is -0.136. The van der Waals surface area contributed by atoms with Crippen LogP contribution in [0.3, 0.4) is 0 Å². The molecular formula is C16H17NO3S3. The van der Waals surface area contributed by atoms with Crippen molar-refractivity contribution in [2.45, 2.75) is 18.9 Å². The normalized spacial score (nSPS) is 26.2. The molecule has 7 heteroatoms. The van der Waals surface area contributed by atoms with Gasteiger partial charge in [-0.3, -0.25) is 4.79 Å². The average Bonchev–Trinajstić information content (AvgIpc) is 3.25. The summed E-state index contributed by atoms with van der Waals surface area (Å²) in [6.45, 7) is 0.672. The first-order chi connectivity index (χ1) is 11.1. The molecule has 0 spiro atoms. The number of carbonyl (C=O) groups excluding carboxylic acids is 1. The van der Waals surface area contributed by atoms with Gasteiger partial charge in [-0.2, -0.15) is 0 Å². The van der Waals surface area contributed by atoms with Gasteiger partial charge in [0.05, 0.1) is 23.5 Å². The van der Waals surface area contributed by atoms with Gasteiger partial charge >= 0.3 is 0 Å². The third-order valence-electron chi connectivity index (χ3n) is 4.64. The minimum atomic E-state index is -3.04. The lowest BCUT2D eigenvalue weighted by atomic mass is 9.96. The Kier molecular flexibility index (Phi) is 3.82. The zero-order valence-corrected chi connectivity index (χ0v) is 14.9. The SMILES string of the molecule is O=C(C1CCS(=O)(=O)C1)N1CCc2sccc2C1c1cccs1. The standard InChI is InChI=1S/C16H17NO3S3/c18-16(11-5-9-23(19,20)10-11)17-6-3-13-12(4-8-22-13)15(17)14-2-1-7-21-14/h1-2,4,7-8,11,15H,3,5-6,9-10H2. The number of sulfone groups is 1. The highest BCUT2D eigenvalue weighted by atomic mass is 32.2. The minimum absolute atomic E-state index is 0.00123. The summed E-state index contributed by atoms with van der Waals surface area (Å²) in [5.74, 6) is -0.218. The summed E-state index contributed by atoms with van der Waals surface area (Å²) in [4.78, 5) is 17.4. The number of rotatable bonds is 2. The summed E-state index contributed by atoms with van der Waals surface area (Å²) in [7, 11) is -3.04. The average molecular weight is 368 g/mol. The molecule has 2 aliphatic heterocycles. The highest BCUT2D eigenvalue weighted by Crippen LogP contribution is 2.40. The lowest BCUT2D eigenvalue weighted by Gasteiger charge is -2.36. The highest BCUT2D eigenvalue weighted by Gasteiger charge is 2.40. The van der Waals surface area contributed by atoms with E-state index in [1.54, 1.807) is 22.7 Å². The summed E-state index contributed by atoms with van der Waals surface area (Å²) in [5, 5.41) is 4.11. The van der Waals surface area contributed by atoms with Crippen molar-refractivity contribution in [1.82, 2.24) is 4.90 Å².